The van der Waals surface area contributed by atoms with Crippen LogP contribution in [0, 0.1) is 0 Å². The van der Waals surface area contributed by atoms with Crippen LogP contribution in [0.2, 0.25) is 10.0 Å². The Morgan fingerprint density at radius 3 is 2.92 bits per heavy atom. The Morgan fingerprint density at radius 1 is 1.31 bits per heavy atom. The molecule has 0 bridgehead atoms. The quantitative estimate of drug-likeness (QED) is 0.506. The van der Waals surface area contributed by atoms with Gasteiger partial charge in [0.2, 0.25) is 0 Å². The van der Waals surface area contributed by atoms with Crippen molar-refractivity contribution in [3.63, 3.8) is 0 Å². The zero-order valence-electron chi connectivity index (χ0n) is 13.4. The van der Waals surface area contributed by atoms with Crippen LogP contribution in [0.5, 0.6) is 0 Å². The number of aromatic nitrogens is 4. The Morgan fingerprint density at radius 2 is 2.15 bits per heavy atom. The van der Waals surface area contributed by atoms with Crippen molar-refractivity contribution in [1.82, 2.24) is 20.2 Å². The van der Waals surface area contributed by atoms with E-state index in [-0.39, 0.29) is 5.95 Å². The van der Waals surface area contributed by atoms with Gasteiger partial charge in [0, 0.05) is 16.7 Å². The summed E-state index contributed by atoms with van der Waals surface area (Å²) in [5, 5.41) is 15.0. The van der Waals surface area contributed by atoms with Gasteiger partial charge in [0.05, 0.1) is 11.6 Å². The maximum Gasteiger partial charge on any atom is 0.270 e. The minimum atomic E-state index is -0.411. The molecule has 0 radical (unpaired) electrons. The molecule has 0 spiro atoms. The molecule has 0 aliphatic carbocycles. The second kappa shape index (κ2) is 7.99. The summed E-state index contributed by atoms with van der Waals surface area (Å²) in [5.41, 5.74) is 0.711. The summed E-state index contributed by atoms with van der Waals surface area (Å²) in [5.74, 6) is 0.755. The van der Waals surface area contributed by atoms with E-state index in [2.05, 4.69) is 27.3 Å². The molecular formula is C17H13Cl2N5O2. The lowest BCUT2D eigenvalue weighted by Gasteiger charge is -2.00. The molecule has 0 saturated carbocycles. The topological polar surface area (TPSA) is 85.8 Å². The molecule has 1 N–H and O–H groups in total. The van der Waals surface area contributed by atoms with Crippen molar-refractivity contribution in [3.05, 3.63) is 64.9 Å². The molecule has 3 rings (SSSR count). The van der Waals surface area contributed by atoms with E-state index in [0.717, 1.165) is 0 Å². The van der Waals surface area contributed by atoms with Crippen LogP contribution in [0.4, 0.5) is 5.95 Å². The minimum absolute atomic E-state index is 0.106. The van der Waals surface area contributed by atoms with E-state index >= 15 is 0 Å². The third kappa shape index (κ3) is 4.38. The monoisotopic (exact) mass is 389 g/mol. The van der Waals surface area contributed by atoms with E-state index in [0.29, 0.717) is 33.7 Å². The molecule has 132 valence electrons. The van der Waals surface area contributed by atoms with Crippen LogP contribution < -0.4 is 5.32 Å². The van der Waals surface area contributed by atoms with Crippen molar-refractivity contribution in [2.45, 2.75) is 6.54 Å². The Labute approximate surface area is 158 Å². The van der Waals surface area contributed by atoms with Gasteiger partial charge in [-0.3, -0.25) is 10.1 Å². The van der Waals surface area contributed by atoms with E-state index < -0.39 is 5.91 Å². The van der Waals surface area contributed by atoms with Crippen molar-refractivity contribution in [2.24, 2.45) is 0 Å². The van der Waals surface area contributed by atoms with Gasteiger partial charge in [-0.25, -0.2) is 0 Å². The van der Waals surface area contributed by atoms with Crippen molar-refractivity contribution in [2.75, 3.05) is 5.32 Å². The fourth-order valence-electron chi connectivity index (χ4n) is 2.07. The second-order valence-corrected chi connectivity index (χ2v) is 5.95. The minimum Gasteiger partial charge on any atom is -0.457 e. The van der Waals surface area contributed by atoms with Crippen molar-refractivity contribution in [3.8, 4) is 11.3 Å². The highest BCUT2D eigenvalue weighted by Crippen LogP contribution is 2.31. The van der Waals surface area contributed by atoms with Gasteiger partial charge in [-0.15, -0.1) is 11.7 Å². The Balaban J connectivity index is 1.66. The number of halogens is 2. The molecule has 0 unspecified atom stereocenters. The number of nitrogens with zero attached hydrogens (tertiary/aromatic N) is 4. The maximum absolute atomic E-state index is 11.9. The summed E-state index contributed by atoms with van der Waals surface area (Å²) < 4.78 is 5.67. The third-order valence-electron chi connectivity index (χ3n) is 3.20. The van der Waals surface area contributed by atoms with Gasteiger partial charge in [-0.1, -0.05) is 34.4 Å². The summed E-state index contributed by atoms with van der Waals surface area (Å²) in [6, 6.07) is 8.61. The largest absolute Gasteiger partial charge is 0.457 e. The average molecular weight is 390 g/mol. The van der Waals surface area contributed by atoms with E-state index in [1.165, 1.54) is 16.9 Å². The molecule has 3 aromatic rings. The van der Waals surface area contributed by atoms with Gasteiger partial charge in [0.15, 0.2) is 0 Å². The number of nitrogens with one attached hydrogen (secondary N) is 1. The highest BCUT2D eigenvalue weighted by Gasteiger charge is 2.09. The predicted octanol–water partition coefficient (Wildman–Crippen LogP) is 4.08. The van der Waals surface area contributed by atoms with Gasteiger partial charge >= 0.3 is 0 Å². The number of furan rings is 1. The first kappa shape index (κ1) is 17.9. The number of allylic oxidation sites excluding steroid dienone is 1. The molecular weight excluding hydrogens is 377 g/mol. The molecule has 1 amide bonds. The standard InChI is InChI=1S/C17H13Cl2N5O2/c1-2-9-24-22-17(21-23-24)20-16(25)8-5-12-4-7-15(26-12)13-6-3-11(18)10-14(13)19/h2-8,10H,1,9H2,(H,20,22,25)/b8-5+. The smallest absolute Gasteiger partial charge is 0.270 e. The van der Waals surface area contributed by atoms with Gasteiger partial charge in [0.1, 0.15) is 11.5 Å². The first-order valence-electron chi connectivity index (χ1n) is 7.48. The van der Waals surface area contributed by atoms with Crippen molar-refractivity contribution < 1.29 is 9.21 Å². The van der Waals surface area contributed by atoms with E-state index in [4.69, 9.17) is 27.6 Å². The number of benzene rings is 1. The molecule has 2 aromatic heterocycles. The van der Waals surface area contributed by atoms with Gasteiger partial charge in [0.25, 0.3) is 11.9 Å². The number of carbonyl (C=O) groups is 1. The van der Waals surface area contributed by atoms with E-state index in [9.17, 15) is 4.79 Å². The summed E-state index contributed by atoms with van der Waals surface area (Å²) in [7, 11) is 0. The Bertz CT molecular complexity index is 977. The number of anilines is 1. The van der Waals surface area contributed by atoms with Crippen LogP contribution in [0.15, 0.2) is 53.5 Å². The first-order valence-corrected chi connectivity index (χ1v) is 8.24. The first-order chi connectivity index (χ1) is 12.5. The fourth-order valence-corrected chi connectivity index (χ4v) is 2.57. The lowest BCUT2D eigenvalue weighted by Crippen LogP contribution is -2.09. The summed E-state index contributed by atoms with van der Waals surface area (Å²) >= 11 is 12.0. The van der Waals surface area contributed by atoms with Crippen LogP contribution in [0.1, 0.15) is 5.76 Å². The molecule has 0 atom stereocenters. The Hall–Kier alpha value is -2.90. The molecule has 7 nitrogen and oxygen atoms in total. The van der Waals surface area contributed by atoms with Crippen LogP contribution in [0.3, 0.4) is 0 Å². The zero-order chi connectivity index (χ0) is 18.5. The molecule has 26 heavy (non-hydrogen) atoms. The maximum atomic E-state index is 11.9. The highest BCUT2D eigenvalue weighted by atomic mass is 35.5. The number of tetrazole rings is 1. The average Bonchev–Trinajstić information content (AvgIpc) is 3.23. The lowest BCUT2D eigenvalue weighted by atomic mass is 10.2. The van der Waals surface area contributed by atoms with Gasteiger partial charge < -0.3 is 4.42 Å². The molecule has 0 fully saturated rings. The number of amides is 1. The second-order valence-electron chi connectivity index (χ2n) is 5.11. The predicted molar refractivity (Wildman–Crippen MR) is 99.8 cm³/mol. The SMILES string of the molecule is C=CCn1nnc(NC(=O)/C=C/c2ccc(-c3ccc(Cl)cc3Cl)o2)n1. The van der Waals surface area contributed by atoms with Gasteiger partial charge in [-0.2, -0.15) is 4.80 Å². The molecule has 0 aliphatic heterocycles. The lowest BCUT2D eigenvalue weighted by molar-refractivity contribution is -0.111. The number of hydrogen-bond donors (Lipinski definition) is 1. The van der Waals surface area contributed by atoms with Crippen LogP contribution in [0.25, 0.3) is 17.4 Å². The van der Waals surface area contributed by atoms with Crippen LogP contribution >= 0.6 is 23.2 Å². The van der Waals surface area contributed by atoms with Crippen molar-refractivity contribution >= 4 is 41.1 Å². The molecule has 2 heterocycles. The highest BCUT2D eigenvalue weighted by molar-refractivity contribution is 6.36. The van der Waals surface area contributed by atoms with E-state index in [1.54, 1.807) is 36.4 Å². The van der Waals surface area contributed by atoms with E-state index in [1.807, 2.05) is 0 Å². The normalized spacial score (nSPS) is 11.0. The Kier molecular flexibility index (Phi) is 5.50. The summed E-state index contributed by atoms with van der Waals surface area (Å²) in [6.07, 6.45) is 4.45. The number of carbonyl (C=O) groups excluding carboxylic acids is 1. The third-order valence-corrected chi connectivity index (χ3v) is 3.75. The summed E-state index contributed by atoms with van der Waals surface area (Å²) in [6.45, 7) is 3.97. The van der Waals surface area contributed by atoms with Crippen molar-refractivity contribution in [1.29, 1.82) is 0 Å². The summed E-state index contributed by atoms with van der Waals surface area (Å²) in [4.78, 5) is 13.2. The number of rotatable bonds is 6. The zero-order valence-corrected chi connectivity index (χ0v) is 14.9. The molecule has 9 heteroatoms. The van der Waals surface area contributed by atoms with Crippen LogP contribution in [-0.4, -0.2) is 26.1 Å². The fraction of sp³-hybridized carbons (Fsp3) is 0.0588. The molecule has 1 aromatic carbocycles. The molecule has 0 aliphatic rings. The number of hydrogen-bond acceptors (Lipinski definition) is 5. The molecule has 0 saturated heterocycles. The van der Waals surface area contributed by atoms with Crippen LogP contribution in [-0.2, 0) is 11.3 Å². The van der Waals surface area contributed by atoms with Gasteiger partial charge in [-0.05, 0) is 41.6 Å².